The second-order valence-electron chi connectivity index (χ2n) is 10.8. The molecule has 0 spiro atoms. The monoisotopic (exact) mass is 599 g/mol. The lowest BCUT2D eigenvalue weighted by atomic mass is 9.94. The molecule has 0 aromatic heterocycles. The quantitative estimate of drug-likeness (QED) is 0.141. The SMILES string of the molecule is COc1ccccc1CN(CCC(=O)O)C(=O)c1ccc(-c2ccccc2OCc2ccccc2)cc1CCc1ccccc1. The molecule has 5 aromatic rings. The van der Waals surface area contributed by atoms with E-state index in [-0.39, 0.29) is 25.4 Å². The minimum Gasteiger partial charge on any atom is -0.496 e. The summed E-state index contributed by atoms with van der Waals surface area (Å²) in [5, 5.41) is 9.48. The molecule has 6 heteroatoms. The highest BCUT2D eigenvalue weighted by Gasteiger charge is 2.22. The Bertz CT molecular complexity index is 1720. The van der Waals surface area contributed by atoms with Crippen LogP contribution in [0.4, 0.5) is 0 Å². The molecule has 0 saturated carbocycles. The number of methoxy groups -OCH3 is 1. The number of nitrogens with zero attached hydrogens (tertiary/aromatic N) is 1. The van der Waals surface area contributed by atoms with Crippen molar-refractivity contribution in [3.63, 3.8) is 0 Å². The van der Waals surface area contributed by atoms with Crippen molar-refractivity contribution in [2.24, 2.45) is 0 Å². The van der Waals surface area contributed by atoms with Gasteiger partial charge in [-0.1, -0.05) is 109 Å². The Morgan fingerprint density at radius 2 is 1.33 bits per heavy atom. The van der Waals surface area contributed by atoms with Crippen LogP contribution in [-0.4, -0.2) is 35.5 Å². The second kappa shape index (κ2) is 15.4. The first-order chi connectivity index (χ1) is 22.0. The van der Waals surface area contributed by atoms with Crippen LogP contribution in [0, 0.1) is 0 Å². The van der Waals surface area contributed by atoms with Gasteiger partial charge in [0.1, 0.15) is 18.1 Å². The Morgan fingerprint density at radius 3 is 2.04 bits per heavy atom. The van der Waals surface area contributed by atoms with Gasteiger partial charge in [0.25, 0.3) is 5.91 Å². The van der Waals surface area contributed by atoms with Crippen LogP contribution in [0.3, 0.4) is 0 Å². The third-order valence-electron chi connectivity index (χ3n) is 7.73. The normalized spacial score (nSPS) is 10.7. The van der Waals surface area contributed by atoms with E-state index < -0.39 is 5.97 Å². The van der Waals surface area contributed by atoms with E-state index in [4.69, 9.17) is 9.47 Å². The molecule has 5 rings (SSSR count). The number of hydrogen-bond acceptors (Lipinski definition) is 4. The summed E-state index contributed by atoms with van der Waals surface area (Å²) in [5.41, 5.74) is 6.38. The molecular weight excluding hydrogens is 562 g/mol. The fourth-order valence-corrected chi connectivity index (χ4v) is 5.36. The third-order valence-corrected chi connectivity index (χ3v) is 7.73. The number of carbonyl (C=O) groups excluding carboxylic acids is 1. The molecule has 0 fully saturated rings. The van der Waals surface area contributed by atoms with Crippen LogP contribution in [0.5, 0.6) is 11.5 Å². The zero-order valence-electron chi connectivity index (χ0n) is 25.4. The van der Waals surface area contributed by atoms with E-state index in [0.717, 1.165) is 40.0 Å². The number of aliphatic carboxylic acids is 1. The molecule has 0 aliphatic rings. The molecule has 0 radical (unpaired) electrons. The number of carboxylic acids is 1. The van der Waals surface area contributed by atoms with Crippen LogP contribution in [0.2, 0.25) is 0 Å². The van der Waals surface area contributed by atoms with Crippen molar-refractivity contribution < 1.29 is 24.2 Å². The number of para-hydroxylation sites is 2. The van der Waals surface area contributed by atoms with Gasteiger partial charge >= 0.3 is 5.97 Å². The smallest absolute Gasteiger partial charge is 0.305 e. The predicted octanol–water partition coefficient (Wildman–Crippen LogP) is 7.84. The van der Waals surface area contributed by atoms with E-state index in [9.17, 15) is 14.7 Å². The van der Waals surface area contributed by atoms with Gasteiger partial charge < -0.3 is 19.5 Å². The van der Waals surface area contributed by atoms with Crippen LogP contribution in [0.25, 0.3) is 11.1 Å². The minimum absolute atomic E-state index is 0.0717. The lowest BCUT2D eigenvalue weighted by Gasteiger charge is -2.25. The van der Waals surface area contributed by atoms with E-state index in [1.807, 2.05) is 109 Å². The zero-order valence-corrected chi connectivity index (χ0v) is 25.4. The van der Waals surface area contributed by atoms with Gasteiger partial charge in [-0.2, -0.15) is 0 Å². The molecule has 6 nitrogen and oxygen atoms in total. The number of ether oxygens (including phenoxy) is 2. The molecule has 0 heterocycles. The maximum atomic E-state index is 14.2. The molecular formula is C39H37NO5. The van der Waals surface area contributed by atoms with Crippen molar-refractivity contribution in [2.75, 3.05) is 13.7 Å². The first-order valence-electron chi connectivity index (χ1n) is 15.1. The van der Waals surface area contributed by atoms with Crippen LogP contribution in [0.1, 0.15) is 39.0 Å². The number of rotatable bonds is 14. The van der Waals surface area contributed by atoms with Gasteiger partial charge in [0.05, 0.1) is 13.5 Å². The molecule has 0 unspecified atom stereocenters. The van der Waals surface area contributed by atoms with Gasteiger partial charge in [-0.3, -0.25) is 9.59 Å². The summed E-state index contributed by atoms with van der Waals surface area (Å²) < 4.78 is 11.8. The van der Waals surface area contributed by atoms with Crippen molar-refractivity contribution in [1.82, 2.24) is 4.90 Å². The maximum absolute atomic E-state index is 14.2. The topological polar surface area (TPSA) is 76.1 Å². The maximum Gasteiger partial charge on any atom is 0.305 e. The number of benzene rings is 5. The Morgan fingerprint density at radius 1 is 0.689 bits per heavy atom. The molecule has 5 aromatic carbocycles. The molecule has 1 amide bonds. The summed E-state index contributed by atoms with van der Waals surface area (Å²) in [6.07, 6.45) is 1.22. The molecule has 0 atom stereocenters. The van der Waals surface area contributed by atoms with Crippen LogP contribution in [0.15, 0.2) is 127 Å². The van der Waals surface area contributed by atoms with E-state index in [1.54, 1.807) is 12.0 Å². The Kier molecular flexibility index (Phi) is 10.6. The second-order valence-corrected chi connectivity index (χ2v) is 10.8. The Balaban J connectivity index is 1.49. The average Bonchev–Trinajstić information content (AvgIpc) is 3.09. The third kappa shape index (κ3) is 8.39. The number of carboxylic acid groups (broad SMARTS) is 1. The summed E-state index contributed by atoms with van der Waals surface area (Å²) in [6.45, 7) is 0.741. The van der Waals surface area contributed by atoms with Crippen LogP contribution < -0.4 is 9.47 Å². The molecule has 45 heavy (non-hydrogen) atoms. The molecule has 0 aliphatic heterocycles. The van der Waals surface area contributed by atoms with Gasteiger partial charge in [0.15, 0.2) is 0 Å². The lowest BCUT2D eigenvalue weighted by Crippen LogP contribution is -2.33. The fraction of sp³-hybridized carbons (Fsp3) is 0.179. The molecule has 228 valence electrons. The molecule has 0 saturated heterocycles. The highest BCUT2D eigenvalue weighted by molar-refractivity contribution is 5.96. The summed E-state index contributed by atoms with van der Waals surface area (Å²) in [5.74, 6) is 0.232. The van der Waals surface area contributed by atoms with Gasteiger partial charge in [0.2, 0.25) is 0 Å². The van der Waals surface area contributed by atoms with Crippen molar-refractivity contribution in [3.05, 3.63) is 155 Å². The minimum atomic E-state index is -0.959. The number of aryl methyl sites for hydroxylation is 2. The van der Waals surface area contributed by atoms with Crippen molar-refractivity contribution >= 4 is 11.9 Å². The molecule has 0 aliphatic carbocycles. The summed E-state index contributed by atoms with van der Waals surface area (Å²) in [7, 11) is 1.59. The van der Waals surface area contributed by atoms with E-state index in [0.29, 0.717) is 24.3 Å². The summed E-state index contributed by atoms with van der Waals surface area (Å²) >= 11 is 0. The Labute approximate surface area is 264 Å². The number of carbonyl (C=O) groups is 2. The Hall–Kier alpha value is -5.36. The van der Waals surface area contributed by atoms with Crippen LogP contribution >= 0.6 is 0 Å². The lowest BCUT2D eigenvalue weighted by molar-refractivity contribution is -0.137. The summed E-state index contributed by atoms with van der Waals surface area (Å²) in [6, 6.07) is 41.5. The number of amides is 1. The first kappa shape index (κ1) is 31.1. The molecule has 1 N–H and O–H groups in total. The van der Waals surface area contributed by atoms with Crippen molar-refractivity contribution in [3.8, 4) is 22.6 Å². The standard InChI is InChI=1S/C39H37NO5/c1-44-36-18-10-8-16-33(36)27-40(25-24-38(41)42)39(43)35-23-22-31(26-32(35)21-20-29-12-4-2-5-13-29)34-17-9-11-19-37(34)45-28-30-14-6-3-7-15-30/h2-19,22-23,26H,20-21,24-25,27-28H2,1H3,(H,41,42). The fourth-order valence-electron chi connectivity index (χ4n) is 5.36. The number of hydrogen-bond donors (Lipinski definition) is 1. The van der Waals surface area contributed by atoms with E-state index >= 15 is 0 Å². The van der Waals surface area contributed by atoms with Gasteiger partial charge in [-0.05, 0) is 53.3 Å². The first-order valence-corrected chi connectivity index (χ1v) is 15.1. The van der Waals surface area contributed by atoms with Gasteiger partial charge in [0, 0.05) is 29.8 Å². The van der Waals surface area contributed by atoms with Gasteiger partial charge in [-0.15, -0.1) is 0 Å². The van der Waals surface area contributed by atoms with Crippen LogP contribution in [-0.2, 0) is 30.8 Å². The molecule has 0 bridgehead atoms. The highest BCUT2D eigenvalue weighted by atomic mass is 16.5. The van der Waals surface area contributed by atoms with Crippen molar-refractivity contribution in [2.45, 2.75) is 32.4 Å². The van der Waals surface area contributed by atoms with E-state index in [1.165, 1.54) is 5.56 Å². The largest absolute Gasteiger partial charge is 0.496 e. The zero-order chi connectivity index (χ0) is 31.4. The van der Waals surface area contributed by atoms with E-state index in [2.05, 4.69) is 18.2 Å². The average molecular weight is 600 g/mol. The van der Waals surface area contributed by atoms with Gasteiger partial charge in [-0.25, -0.2) is 0 Å². The van der Waals surface area contributed by atoms with Crippen molar-refractivity contribution in [1.29, 1.82) is 0 Å². The highest BCUT2D eigenvalue weighted by Crippen LogP contribution is 2.33. The predicted molar refractivity (Wildman–Crippen MR) is 176 cm³/mol. The summed E-state index contributed by atoms with van der Waals surface area (Å²) in [4.78, 5) is 27.4.